The summed E-state index contributed by atoms with van der Waals surface area (Å²) >= 11 is 0. The third kappa shape index (κ3) is 3.76. The summed E-state index contributed by atoms with van der Waals surface area (Å²) in [4.78, 5) is 0. The Kier molecular flexibility index (Phi) is 1.41. The molecule has 0 bridgehead atoms. The summed E-state index contributed by atoms with van der Waals surface area (Å²) in [6.07, 6.45) is 1.54. The van der Waals surface area contributed by atoms with Gasteiger partial charge in [0.15, 0.2) is 0 Å². The lowest BCUT2D eigenvalue weighted by Gasteiger charge is -1.82. The minimum absolute atomic E-state index is 1.35. The minimum Gasteiger partial charge on any atom is -0.264 e. The van der Waals surface area contributed by atoms with Gasteiger partial charge < -0.3 is 0 Å². The molecule has 1 unspecified atom stereocenters. The van der Waals surface area contributed by atoms with E-state index in [4.69, 9.17) is 0 Å². The zero-order valence-electron chi connectivity index (χ0n) is 3.81. The van der Waals surface area contributed by atoms with Crippen LogP contribution in [0.15, 0.2) is 12.0 Å². The predicted octanol–water partition coefficient (Wildman–Crippen LogP) is 0.476. The van der Waals surface area contributed by atoms with Crippen molar-refractivity contribution in [3.8, 4) is 0 Å². The van der Waals surface area contributed by atoms with Gasteiger partial charge in [-0.1, -0.05) is 6.58 Å². The van der Waals surface area contributed by atoms with Crippen LogP contribution in [0.4, 0.5) is 0 Å². The molecule has 0 N–H and O–H groups in total. The lowest BCUT2D eigenvalue weighted by atomic mass is 11.3. The van der Waals surface area contributed by atoms with E-state index in [9.17, 15) is 4.21 Å². The second-order valence-electron chi connectivity index (χ2n) is 1.24. The molecule has 0 spiro atoms. The highest BCUT2D eigenvalue weighted by Crippen LogP contribution is 1.76. The standard InChI is InChI=1S/C4H8OS/c1-4-6(2,3)5/h4H,1-2H2,3H3. The van der Waals surface area contributed by atoms with E-state index in [-0.39, 0.29) is 0 Å². The predicted molar refractivity (Wildman–Crippen MR) is 31.4 cm³/mol. The number of rotatable bonds is 1. The normalized spacial score (nSPS) is 18.8. The van der Waals surface area contributed by atoms with Crippen molar-refractivity contribution < 1.29 is 4.21 Å². The summed E-state index contributed by atoms with van der Waals surface area (Å²) in [5.74, 6) is 3.30. The van der Waals surface area contributed by atoms with Gasteiger partial charge in [-0.25, -0.2) is 0 Å². The van der Waals surface area contributed by atoms with E-state index in [1.807, 2.05) is 0 Å². The highest BCUT2D eigenvalue weighted by molar-refractivity contribution is 8.02. The largest absolute Gasteiger partial charge is 0.264 e. The summed E-state index contributed by atoms with van der Waals surface area (Å²) in [5.41, 5.74) is 0. The van der Waals surface area contributed by atoms with Crippen molar-refractivity contribution in [2.24, 2.45) is 0 Å². The quantitative estimate of drug-likeness (QED) is 0.442. The molecule has 36 valence electrons. The molecular weight excluding hydrogens is 96.1 g/mol. The van der Waals surface area contributed by atoms with Crippen LogP contribution in [0.2, 0.25) is 0 Å². The third-order valence-electron chi connectivity index (χ3n) is 0.353. The molecule has 0 aromatic carbocycles. The van der Waals surface area contributed by atoms with Gasteiger partial charge in [-0.15, -0.1) is 0 Å². The first kappa shape index (κ1) is 5.76. The summed E-state index contributed by atoms with van der Waals surface area (Å²) < 4.78 is 10.3. The lowest BCUT2D eigenvalue weighted by molar-refractivity contribution is 0.690. The van der Waals surface area contributed by atoms with E-state index < -0.39 is 9.52 Å². The van der Waals surface area contributed by atoms with Gasteiger partial charge in [0.05, 0.1) is 0 Å². The molecule has 0 amide bonds. The molecule has 0 aromatic rings. The Labute approximate surface area is 38.7 Å². The highest BCUT2D eigenvalue weighted by Gasteiger charge is 1.76. The zero-order valence-corrected chi connectivity index (χ0v) is 4.62. The molecule has 1 nitrogen and oxygen atoms in total. The van der Waals surface area contributed by atoms with E-state index in [1.165, 1.54) is 5.41 Å². The van der Waals surface area contributed by atoms with Crippen LogP contribution in [0.3, 0.4) is 0 Å². The second kappa shape index (κ2) is 1.47. The minimum atomic E-state index is -1.90. The Balaban J connectivity index is 4.25. The van der Waals surface area contributed by atoms with Crippen LogP contribution in [-0.2, 0) is 9.52 Å². The molecule has 1 atom stereocenters. The average Bonchev–Trinajstić information content (AvgIpc) is 1.35. The van der Waals surface area contributed by atoms with Gasteiger partial charge in [-0.05, 0) is 20.8 Å². The molecule has 0 radical (unpaired) electrons. The van der Waals surface area contributed by atoms with Crippen molar-refractivity contribution in [1.29, 1.82) is 0 Å². The van der Waals surface area contributed by atoms with E-state index in [0.717, 1.165) is 0 Å². The number of hydrogen-bond acceptors (Lipinski definition) is 1. The first-order valence-electron chi connectivity index (χ1n) is 1.51. The first-order chi connectivity index (χ1) is 2.56. The van der Waals surface area contributed by atoms with E-state index >= 15 is 0 Å². The topological polar surface area (TPSA) is 17.1 Å². The van der Waals surface area contributed by atoms with Crippen molar-refractivity contribution in [1.82, 2.24) is 0 Å². The van der Waals surface area contributed by atoms with Crippen LogP contribution in [0, 0.1) is 0 Å². The maximum atomic E-state index is 10.3. The Morgan fingerprint density at radius 3 is 2.00 bits per heavy atom. The van der Waals surface area contributed by atoms with Gasteiger partial charge in [0.25, 0.3) is 0 Å². The van der Waals surface area contributed by atoms with Crippen molar-refractivity contribution in [2.75, 3.05) is 6.26 Å². The molecular formula is C4H8OS. The third-order valence-corrected chi connectivity index (χ3v) is 1.06. The summed E-state index contributed by atoms with van der Waals surface area (Å²) in [7, 11) is -1.90. The van der Waals surface area contributed by atoms with Crippen molar-refractivity contribution in [2.45, 2.75) is 0 Å². The van der Waals surface area contributed by atoms with E-state index in [0.29, 0.717) is 0 Å². The Bertz CT molecular complexity index is 118. The molecule has 0 heterocycles. The average molecular weight is 104 g/mol. The second-order valence-corrected chi connectivity index (χ2v) is 3.72. The van der Waals surface area contributed by atoms with E-state index in [1.54, 1.807) is 6.26 Å². The van der Waals surface area contributed by atoms with Crippen molar-refractivity contribution >= 4 is 15.4 Å². The lowest BCUT2D eigenvalue weighted by Crippen LogP contribution is -1.84. The van der Waals surface area contributed by atoms with Crippen LogP contribution in [0.5, 0.6) is 0 Å². The van der Waals surface area contributed by atoms with Crippen LogP contribution >= 0.6 is 0 Å². The molecule has 0 saturated carbocycles. The summed E-state index contributed by atoms with van der Waals surface area (Å²) in [5, 5.41) is 1.35. The van der Waals surface area contributed by atoms with Gasteiger partial charge in [-0.3, -0.25) is 4.21 Å². The smallest absolute Gasteiger partial charge is 0.00804 e. The summed E-state index contributed by atoms with van der Waals surface area (Å²) in [6.45, 7) is 3.29. The molecule has 2 heteroatoms. The first-order valence-corrected chi connectivity index (χ1v) is 3.71. The fourth-order valence-corrected chi connectivity index (χ4v) is 0. The fourth-order valence-electron chi connectivity index (χ4n) is 0. The van der Waals surface area contributed by atoms with Crippen LogP contribution in [0.1, 0.15) is 0 Å². The monoisotopic (exact) mass is 104 g/mol. The van der Waals surface area contributed by atoms with Crippen molar-refractivity contribution in [3.63, 3.8) is 0 Å². The SMILES string of the molecule is C=CS(=C)(C)=O. The number of hydrogen-bond donors (Lipinski definition) is 0. The maximum absolute atomic E-state index is 10.3. The van der Waals surface area contributed by atoms with Gasteiger partial charge >= 0.3 is 0 Å². The Morgan fingerprint density at radius 2 is 2.00 bits per heavy atom. The highest BCUT2D eigenvalue weighted by atomic mass is 32.2. The van der Waals surface area contributed by atoms with Gasteiger partial charge in [-0.2, -0.15) is 0 Å². The van der Waals surface area contributed by atoms with Gasteiger partial charge in [0.1, 0.15) is 0 Å². The maximum Gasteiger partial charge on any atom is 0.00804 e. The van der Waals surface area contributed by atoms with Crippen LogP contribution in [-0.4, -0.2) is 16.3 Å². The Morgan fingerprint density at radius 1 is 1.83 bits per heavy atom. The van der Waals surface area contributed by atoms with Crippen molar-refractivity contribution in [3.05, 3.63) is 12.0 Å². The molecule has 0 rings (SSSR count). The molecule has 0 saturated heterocycles. The van der Waals surface area contributed by atoms with E-state index in [2.05, 4.69) is 12.4 Å². The molecule has 0 aromatic heterocycles. The molecule has 6 heavy (non-hydrogen) atoms. The van der Waals surface area contributed by atoms with Gasteiger partial charge in [0.2, 0.25) is 0 Å². The molecule has 0 aliphatic rings. The van der Waals surface area contributed by atoms with Crippen LogP contribution in [0.25, 0.3) is 0 Å². The molecule has 0 fully saturated rings. The van der Waals surface area contributed by atoms with Crippen LogP contribution < -0.4 is 0 Å². The molecule has 0 aliphatic carbocycles. The zero-order chi connectivity index (χ0) is 5.21. The van der Waals surface area contributed by atoms with Gasteiger partial charge in [0, 0.05) is 6.26 Å². The summed E-state index contributed by atoms with van der Waals surface area (Å²) in [6, 6.07) is 0. The Hall–Kier alpha value is -0.240. The molecule has 0 aliphatic heterocycles. The fraction of sp³-hybridized carbons (Fsp3) is 0.250.